The van der Waals surface area contributed by atoms with Crippen molar-refractivity contribution in [1.29, 1.82) is 0 Å². The molecule has 0 radical (unpaired) electrons. The maximum absolute atomic E-state index is 12.7. The van der Waals surface area contributed by atoms with E-state index in [0.717, 1.165) is 43.4 Å². The molecule has 1 atom stereocenters. The topological polar surface area (TPSA) is 28.0 Å². The van der Waals surface area contributed by atoms with Gasteiger partial charge in [-0.2, -0.15) is 0 Å². The zero-order valence-corrected chi connectivity index (χ0v) is 16.3. The molecule has 1 aliphatic heterocycles. The molecule has 1 saturated heterocycles. The Morgan fingerprint density at radius 3 is 2.38 bits per heavy atom. The number of likely N-dealkylation sites (N-methyl/N-ethyl adjacent to an activating group) is 1. The van der Waals surface area contributed by atoms with Gasteiger partial charge < -0.3 is 14.7 Å². The van der Waals surface area contributed by atoms with Crippen LogP contribution >= 0.6 is 11.6 Å². The summed E-state index contributed by atoms with van der Waals surface area (Å²) in [7, 11) is 2.09. The zero-order chi connectivity index (χ0) is 18.5. The SMILES string of the molecule is Cc1ccccc1C[NH+](C)CC(=O)N1CCN(c2ccccc2Cl)CC1. The zero-order valence-electron chi connectivity index (χ0n) is 15.5. The summed E-state index contributed by atoms with van der Waals surface area (Å²) in [6.45, 7) is 6.68. The van der Waals surface area contributed by atoms with Crippen molar-refractivity contribution in [2.24, 2.45) is 0 Å². The quantitative estimate of drug-likeness (QED) is 0.869. The first-order chi connectivity index (χ1) is 12.5. The van der Waals surface area contributed by atoms with Gasteiger partial charge in [-0.15, -0.1) is 0 Å². The number of piperazine rings is 1. The van der Waals surface area contributed by atoms with Crippen LogP contribution in [-0.2, 0) is 11.3 Å². The number of halogens is 1. The van der Waals surface area contributed by atoms with Crippen molar-refractivity contribution in [1.82, 2.24) is 4.90 Å². The summed E-state index contributed by atoms with van der Waals surface area (Å²) >= 11 is 6.29. The minimum atomic E-state index is 0.231. The molecule has 0 spiro atoms. The number of nitrogens with one attached hydrogen (secondary N) is 1. The molecule has 1 unspecified atom stereocenters. The molecule has 1 amide bonds. The highest BCUT2D eigenvalue weighted by atomic mass is 35.5. The number of rotatable bonds is 5. The average Bonchev–Trinajstić information content (AvgIpc) is 2.64. The van der Waals surface area contributed by atoms with Crippen molar-refractivity contribution < 1.29 is 9.69 Å². The second kappa shape index (κ2) is 8.56. The monoisotopic (exact) mass is 372 g/mol. The van der Waals surface area contributed by atoms with Gasteiger partial charge in [-0.05, 0) is 24.6 Å². The van der Waals surface area contributed by atoms with Crippen LogP contribution in [0.2, 0.25) is 5.02 Å². The van der Waals surface area contributed by atoms with Gasteiger partial charge in [0.05, 0.1) is 17.8 Å². The molecule has 2 aromatic rings. The minimum absolute atomic E-state index is 0.231. The van der Waals surface area contributed by atoms with E-state index < -0.39 is 0 Å². The number of hydrogen-bond acceptors (Lipinski definition) is 2. The van der Waals surface area contributed by atoms with E-state index in [1.54, 1.807) is 0 Å². The molecule has 138 valence electrons. The van der Waals surface area contributed by atoms with E-state index in [9.17, 15) is 4.79 Å². The molecule has 1 fully saturated rings. The van der Waals surface area contributed by atoms with Crippen LogP contribution in [0.25, 0.3) is 0 Å². The van der Waals surface area contributed by atoms with E-state index in [-0.39, 0.29) is 5.91 Å². The van der Waals surface area contributed by atoms with Gasteiger partial charge in [-0.3, -0.25) is 4.79 Å². The van der Waals surface area contributed by atoms with E-state index in [4.69, 9.17) is 11.6 Å². The molecule has 2 aromatic carbocycles. The molecule has 0 aromatic heterocycles. The summed E-state index contributed by atoms with van der Waals surface area (Å²) in [5, 5.41) is 0.773. The number of anilines is 1. The number of para-hydroxylation sites is 1. The largest absolute Gasteiger partial charge is 0.367 e. The van der Waals surface area contributed by atoms with Gasteiger partial charge >= 0.3 is 0 Å². The van der Waals surface area contributed by atoms with Crippen LogP contribution in [0, 0.1) is 6.92 Å². The Hall–Kier alpha value is -2.04. The highest BCUT2D eigenvalue weighted by molar-refractivity contribution is 6.33. The third kappa shape index (κ3) is 4.57. The number of nitrogens with zero attached hydrogens (tertiary/aromatic N) is 2. The molecule has 0 saturated carbocycles. The Morgan fingerprint density at radius 1 is 1.04 bits per heavy atom. The van der Waals surface area contributed by atoms with Gasteiger partial charge in [0.15, 0.2) is 6.54 Å². The van der Waals surface area contributed by atoms with Crippen LogP contribution in [0.15, 0.2) is 48.5 Å². The maximum atomic E-state index is 12.7. The van der Waals surface area contributed by atoms with Gasteiger partial charge in [-0.25, -0.2) is 0 Å². The maximum Gasteiger partial charge on any atom is 0.277 e. The molecule has 1 heterocycles. The molecule has 0 aliphatic carbocycles. The fourth-order valence-corrected chi connectivity index (χ4v) is 3.73. The second-order valence-corrected chi connectivity index (χ2v) is 7.46. The van der Waals surface area contributed by atoms with Gasteiger partial charge in [-0.1, -0.05) is 48.0 Å². The molecule has 1 aliphatic rings. The fraction of sp³-hybridized carbons (Fsp3) is 0.381. The molecule has 26 heavy (non-hydrogen) atoms. The Balaban J connectivity index is 1.51. The number of carbonyl (C=O) groups excluding carboxylic acids is 1. The predicted molar refractivity (Wildman–Crippen MR) is 107 cm³/mol. The van der Waals surface area contributed by atoms with E-state index in [1.807, 2.05) is 29.2 Å². The summed E-state index contributed by atoms with van der Waals surface area (Å²) in [6, 6.07) is 16.3. The number of quaternary nitrogens is 1. The molecular formula is C21H27ClN3O+. The number of amides is 1. The van der Waals surface area contributed by atoms with E-state index in [1.165, 1.54) is 16.0 Å². The van der Waals surface area contributed by atoms with E-state index in [2.05, 4.69) is 43.1 Å². The van der Waals surface area contributed by atoms with Gasteiger partial charge in [0.2, 0.25) is 0 Å². The van der Waals surface area contributed by atoms with Crippen molar-refractivity contribution in [2.75, 3.05) is 44.7 Å². The Labute approximate surface area is 161 Å². The predicted octanol–water partition coefficient (Wildman–Crippen LogP) is 2.01. The summed E-state index contributed by atoms with van der Waals surface area (Å²) in [6.07, 6.45) is 0. The summed E-state index contributed by atoms with van der Waals surface area (Å²) in [4.78, 5) is 18.1. The van der Waals surface area contributed by atoms with Crippen LogP contribution in [-0.4, -0.2) is 50.6 Å². The highest BCUT2D eigenvalue weighted by Gasteiger charge is 2.24. The fourth-order valence-electron chi connectivity index (χ4n) is 3.47. The lowest BCUT2D eigenvalue weighted by atomic mass is 10.1. The molecule has 0 bridgehead atoms. The smallest absolute Gasteiger partial charge is 0.277 e. The van der Waals surface area contributed by atoms with Crippen LogP contribution in [0.4, 0.5) is 5.69 Å². The van der Waals surface area contributed by atoms with Crippen molar-refractivity contribution in [3.63, 3.8) is 0 Å². The first kappa shape index (κ1) is 18.7. The third-order valence-electron chi connectivity index (χ3n) is 5.03. The standard InChI is InChI=1S/C21H26ClN3O/c1-17-7-3-4-8-18(17)15-23(2)16-21(26)25-13-11-24(12-14-25)20-10-6-5-9-19(20)22/h3-10H,11-16H2,1-2H3/p+1. The summed E-state index contributed by atoms with van der Waals surface area (Å²) in [5.74, 6) is 0.231. The van der Waals surface area contributed by atoms with Crippen molar-refractivity contribution in [3.05, 3.63) is 64.7 Å². The Morgan fingerprint density at radius 2 is 1.69 bits per heavy atom. The van der Waals surface area contributed by atoms with Crippen molar-refractivity contribution >= 4 is 23.2 Å². The molecule has 1 N–H and O–H groups in total. The summed E-state index contributed by atoms with van der Waals surface area (Å²) in [5.41, 5.74) is 3.65. The second-order valence-electron chi connectivity index (χ2n) is 7.06. The van der Waals surface area contributed by atoms with Crippen LogP contribution in [0.5, 0.6) is 0 Å². The highest BCUT2D eigenvalue weighted by Crippen LogP contribution is 2.25. The summed E-state index contributed by atoms with van der Waals surface area (Å²) < 4.78 is 0. The Bertz CT molecular complexity index is 756. The molecule has 3 rings (SSSR count). The lowest BCUT2D eigenvalue weighted by Gasteiger charge is -2.36. The van der Waals surface area contributed by atoms with Crippen molar-refractivity contribution in [3.8, 4) is 0 Å². The molecular weight excluding hydrogens is 346 g/mol. The molecule has 5 heteroatoms. The van der Waals surface area contributed by atoms with Crippen molar-refractivity contribution in [2.45, 2.75) is 13.5 Å². The van der Waals surface area contributed by atoms with Crippen LogP contribution in [0.3, 0.4) is 0 Å². The van der Waals surface area contributed by atoms with Gasteiger partial charge in [0.25, 0.3) is 5.91 Å². The first-order valence-corrected chi connectivity index (χ1v) is 9.55. The molecule has 4 nitrogen and oxygen atoms in total. The van der Waals surface area contributed by atoms with E-state index in [0.29, 0.717) is 6.54 Å². The number of hydrogen-bond donors (Lipinski definition) is 1. The van der Waals surface area contributed by atoms with Gasteiger partial charge in [0, 0.05) is 31.7 Å². The number of benzene rings is 2. The van der Waals surface area contributed by atoms with Crippen LogP contribution < -0.4 is 9.80 Å². The lowest BCUT2D eigenvalue weighted by molar-refractivity contribution is -0.885. The first-order valence-electron chi connectivity index (χ1n) is 9.17. The Kier molecular flexibility index (Phi) is 6.17. The third-order valence-corrected chi connectivity index (χ3v) is 5.35. The van der Waals surface area contributed by atoms with Crippen LogP contribution in [0.1, 0.15) is 11.1 Å². The average molecular weight is 373 g/mol. The van der Waals surface area contributed by atoms with Gasteiger partial charge in [0.1, 0.15) is 6.54 Å². The number of aryl methyl sites for hydroxylation is 1. The number of carbonyl (C=O) groups is 1. The van der Waals surface area contributed by atoms with E-state index >= 15 is 0 Å². The minimum Gasteiger partial charge on any atom is -0.367 e. The lowest BCUT2D eigenvalue weighted by Crippen LogP contribution is -3.09. The normalized spacial score (nSPS) is 15.8.